The van der Waals surface area contributed by atoms with E-state index in [-0.39, 0.29) is 16.3 Å². The maximum Gasteiger partial charge on any atom is 0.305 e. The number of hydrogen-bond acceptors (Lipinski definition) is 9. The third-order valence-electron chi connectivity index (χ3n) is 5.65. The van der Waals surface area contributed by atoms with E-state index in [2.05, 4.69) is 9.79 Å². The summed E-state index contributed by atoms with van der Waals surface area (Å²) in [5.74, 6) is -0.341. The Hall–Kier alpha value is -4.44. The monoisotopic (exact) mass is 488 g/mol. The van der Waals surface area contributed by atoms with Crippen LogP contribution in [0.15, 0.2) is 59.1 Å². The maximum atomic E-state index is 13.3. The highest BCUT2D eigenvalue weighted by atomic mass is 32.1. The van der Waals surface area contributed by atoms with Crippen LogP contribution < -0.4 is 25.0 Å². The van der Waals surface area contributed by atoms with Crippen molar-refractivity contribution in [3.63, 3.8) is 0 Å². The highest BCUT2D eigenvalue weighted by Gasteiger charge is 2.30. The zero-order valence-electron chi connectivity index (χ0n) is 19.1. The van der Waals surface area contributed by atoms with Crippen molar-refractivity contribution in [2.75, 3.05) is 20.0 Å². The Morgan fingerprint density at radius 3 is 2.51 bits per heavy atom. The number of ketones is 1. The Balaban J connectivity index is 1.83. The first kappa shape index (κ1) is 22.4. The lowest BCUT2D eigenvalue weighted by atomic mass is 9.98. The molecule has 10 heteroatoms. The normalized spacial score (nSPS) is 11.1. The van der Waals surface area contributed by atoms with E-state index in [1.807, 2.05) is 48.5 Å². The Labute approximate surface area is 203 Å². The number of hydrogen-bond donors (Lipinski definition) is 1. The summed E-state index contributed by atoms with van der Waals surface area (Å²) >= 11 is 1.11. The molecule has 2 N–H and O–H groups in total. The lowest BCUT2D eigenvalue weighted by Gasteiger charge is -2.15. The third-order valence-corrected chi connectivity index (χ3v) is 6.74. The summed E-state index contributed by atoms with van der Waals surface area (Å²) in [5.41, 5.74) is 9.57. The standard InChI is InChI=1S/C25H20N4O5S/c1-29-20(25(31)34-28-29)21(30)23-19(26)18-15(14-10-7-11-17(32-2)22(14)33-3)12-16(27-24(18)35-23)13-8-5-4-6-9-13/h4-12H,1-3H3,(H2-,26,28,30,31). The molecular weight excluding hydrogens is 468 g/mol. The van der Waals surface area contributed by atoms with Crippen molar-refractivity contribution in [3.05, 3.63) is 65.2 Å². The molecule has 0 spiro atoms. The van der Waals surface area contributed by atoms with E-state index in [0.717, 1.165) is 32.7 Å². The number of rotatable bonds is 6. The summed E-state index contributed by atoms with van der Waals surface area (Å²) in [6.07, 6.45) is 0. The van der Waals surface area contributed by atoms with Gasteiger partial charge >= 0.3 is 5.69 Å². The van der Waals surface area contributed by atoms with Crippen LogP contribution >= 0.6 is 11.3 Å². The molecule has 0 saturated carbocycles. The minimum Gasteiger partial charge on any atom is -0.539 e. The van der Waals surface area contributed by atoms with Crippen LogP contribution in [0.25, 0.3) is 32.6 Å². The van der Waals surface area contributed by atoms with E-state index in [9.17, 15) is 9.90 Å². The van der Waals surface area contributed by atoms with Crippen molar-refractivity contribution in [1.29, 1.82) is 0 Å². The molecule has 35 heavy (non-hydrogen) atoms. The summed E-state index contributed by atoms with van der Waals surface area (Å²) in [6.45, 7) is 0. The van der Waals surface area contributed by atoms with Crippen LogP contribution in [-0.2, 0) is 7.05 Å². The van der Waals surface area contributed by atoms with E-state index in [4.69, 9.17) is 20.2 Å². The Morgan fingerprint density at radius 1 is 1.09 bits per heavy atom. The molecule has 0 unspecified atom stereocenters. The van der Waals surface area contributed by atoms with Crippen molar-refractivity contribution in [3.8, 4) is 39.8 Å². The van der Waals surface area contributed by atoms with Gasteiger partial charge in [-0.25, -0.2) is 4.98 Å². The summed E-state index contributed by atoms with van der Waals surface area (Å²) in [4.78, 5) is 18.8. The van der Waals surface area contributed by atoms with Gasteiger partial charge in [0.2, 0.25) is 0 Å². The summed E-state index contributed by atoms with van der Waals surface area (Å²) in [5, 5.41) is 16.2. The predicted molar refractivity (Wildman–Crippen MR) is 129 cm³/mol. The molecule has 0 amide bonds. The molecule has 176 valence electrons. The first-order valence-corrected chi connectivity index (χ1v) is 11.3. The first-order valence-electron chi connectivity index (χ1n) is 10.5. The van der Waals surface area contributed by atoms with Crippen LogP contribution in [0.4, 0.5) is 5.69 Å². The third kappa shape index (κ3) is 3.64. The van der Waals surface area contributed by atoms with E-state index in [1.54, 1.807) is 20.3 Å². The number of aryl methyl sites for hydroxylation is 1. The number of nitrogens with two attached hydrogens (primary N) is 1. The Bertz CT molecular complexity index is 1560. The van der Waals surface area contributed by atoms with Gasteiger partial charge in [-0.15, -0.1) is 11.3 Å². The fourth-order valence-corrected chi connectivity index (χ4v) is 5.08. The molecule has 3 aromatic heterocycles. The number of para-hydroxylation sites is 1. The van der Waals surface area contributed by atoms with Gasteiger partial charge in [0, 0.05) is 22.1 Å². The number of fused-ring (bicyclic) bond motifs is 1. The summed E-state index contributed by atoms with van der Waals surface area (Å²) in [7, 11) is 4.58. The minimum absolute atomic E-state index is 0.178. The largest absolute Gasteiger partial charge is 0.539 e. The molecule has 5 rings (SSSR count). The number of carbonyl (C=O) groups excluding carboxylic acids is 1. The molecule has 9 nitrogen and oxygen atoms in total. The van der Waals surface area contributed by atoms with Crippen molar-refractivity contribution < 1.29 is 28.6 Å². The average Bonchev–Trinajstić information content (AvgIpc) is 3.41. The maximum absolute atomic E-state index is 13.3. The molecule has 0 aliphatic heterocycles. The number of pyridine rings is 1. The number of nitrogen functional groups attached to an aromatic ring is 1. The molecule has 2 aromatic carbocycles. The number of methoxy groups -OCH3 is 2. The van der Waals surface area contributed by atoms with Crippen molar-refractivity contribution in [2.24, 2.45) is 7.05 Å². The second kappa shape index (κ2) is 8.73. The first-order chi connectivity index (χ1) is 16.9. The SMILES string of the molecule is COc1cccc(-c2cc(-c3ccccc3)nc3sc(C(=O)c4c([O-])on[n+]4C)c(N)c23)c1OC. The topological polar surface area (TPSA) is 127 Å². The van der Waals surface area contributed by atoms with E-state index in [1.165, 1.54) is 7.05 Å². The van der Waals surface area contributed by atoms with Crippen LogP contribution in [0, 0.1) is 0 Å². The minimum atomic E-state index is -0.832. The molecule has 0 saturated heterocycles. The van der Waals surface area contributed by atoms with Gasteiger partial charge in [0.15, 0.2) is 24.5 Å². The van der Waals surface area contributed by atoms with Gasteiger partial charge in [0.25, 0.3) is 5.78 Å². The van der Waals surface area contributed by atoms with Gasteiger partial charge in [-0.05, 0) is 12.1 Å². The Kier molecular flexibility index (Phi) is 5.58. The lowest BCUT2D eigenvalue weighted by molar-refractivity contribution is -0.741. The van der Waals surface area contributed by atoms with Crippen molar-refractivity contribution in [2.45, 2.75) is 0 Å². The van der Waals surface area contributed by atoms with Crippen LogP contribution in [0.2, 0.25) is 0 Å². The number of anilines is 1. The van der Waals surface area contributed by atoms with Crippen LogP contribution in [0.5, 0.6) is 17.4 Å². The molecular formula is C25H20N4O5S. The average molecular weight is 489 g/mol. The highest BCUT2D eigenvalue weighted by molar-refractivity contribution is 7.21. The van der Waals surface area contributed by atoms with E-state index >= 15 is 0 Å². The smallest absolute Gasteiger partial charge is 0.305 e. The predicted octanol–water partition coefficient (Wildman–Crippen LogP) is 3.35. The number of nitrogens with zero attached hydrogens (tertiary/aromatic N) is 3. The molecule has 0 atom stereocenters. The number of ether oxygens (including phenoxy) is 2. The van der Waals surface area contributed by atoms with Gasteiger partial charge in [-0.1, -0.05) is 47.1 Å². The summed E-state index contributed by atoms with van der Waals surface area (Å²) in [6, 6.07) is 17.1. The molecule has 0 fully saturated rings. The van der Waals surface area contributed by atoms with Gasteiger partial charge < -0.3 is 24.8 Å². The second-order valence-electron chi connectivity index (χ2n) is 7.65. The molecule has 3 heterocycles. The van der Waals surface area contributed by atoms with Crippen LogP contribution in [-0.4, -0.2) is 30.3 Å². The van der Waals surface area contributed by atoms with E-state index < -0.39 is 11.7 Å². The van der Waals surface area contributed by atoms with Crippen molar-refractivity contribution >= 4 is 33.0 Å². The second-order valence-corrected chi connectivity index (χ2v) is 8.65. The van der Waals surface area contributed by atoms with Crippen molar-refractivity contribution in [1.82, 2.24) is 10.3 Å². The van der Waals surface area contributed by atoms with Gasteiger partial charge in [0.05, 0.1) is 30.9 Å². The van der Waals surface area contributed by atoms with Gasteiger partial charge in [-0.2, -0.15) is 0 Å². The zero-order chi connectivity index (χ0) is 24.7. The van der Waals surface area contributed by atoms with E-state index in [0.29, 0.717) is 27.4 Å². The molecule has 0 aliphatic carbocycles. The number of carbonyl (C=O) groups is 1. The quantitative estimate of drug-likeness (QED) is 0.285. The fourth-order valence-electron chi connectivity index (χ4n) is 4.02. The zero-order valence-corrected chi connectivity index (χ0v) is 19.9. The molecule has 0 radical (unpaired) electrons. The number of aromatic nitrogens is 3. The molecule has 5 aromatic rings. The lowest BCUT2D eigenvalue weighted by Crippen LogP contribution is -2.37. The van der Waals surface area contributed by atoms with Crippen LogP contribution in [0.1, 0.15) is 15.4 Å². The summed E-state index contributed by atoms with van der Waals surface area (Å²) < 4.78 is 16.9. The Morgan fingerprint density at radius 2 is 1.86 bits per heavy atom. The van der Waals surface area contributed by atoms with Gasteiger partial charge in [-0.3, -0.25) is 4.79 Å². The number of benzene rings is 2. The molecule has 0 bridgehead atoms. The number of thiophene rings is 1. The fraction of sp³-hybridized carbons (Fsp3) is 0.120. The van der Waals surface area contributed by atoms with Gasteiger partial charge in [0.1, 0.15) is 9.71 Å². The molecule has 0 aliphatic rings. The highest BCUT2D eigenvalue weighted by Crippen LogP contribution is 2.46. The van der Waals surface area contributed by atoms with Crippen LogP contribution in [0.3, 0.4) is 0 Å².